The zero-order chi connectivity index (χ0) is 12.0. The van der Waals surface area contributed by atoms with Crippen molar-refractivity contribution in [2.24, 2.45) is 0 Å². The van der Waals surface area contributed by atoms with E-state index in [2.05, 4.69) is 20.3 Å². The first-order valence-corrected chi connectivity index (χ1v) is 5.00. The molecule has 0 spiro atoms. The molecule has 7 nitrogen and oxygen atoms in total. The van der Waals surface area contributed by atoms with Crippen molar-refractivity contribution in [2.75, 3.05) is 6.61 Å². The van der Waals surface area contributed by atoms with E-state index in [1.165, 1.54) is 0 Å². The van der Waals surface area contributed by atoms with E-state index >= 15 is 0 Å². The van der Waals surface area contributed by atoms with Crippen LogP contribution in [0.15, 0.2) is 6.33 Å². The summed E-state index contributed by atoms with van der Waals surface area (Å²) in [5, 5.41) is 9.92. The van der Waals surface area contributed by atoms with Crippen molar-refractivity contribution >= 4 is 11.9 Å². The van der Waals surface area contributed by atoms with Gasteiger partial charge in [-0.15, -0.1) is 10.2 Å². The van der Waals surface area contributed by atoms with Crippen LogP contribution in [-0.2, 0) is 27.4 Å². The van der Waals surface area contributed by atoms with Crippen LogP contribution in [0.5, 0.6) is 0 Å². The Labute approximate surface area is 92.8 Å². The molecule has 0 bridgehead atoms. The first kappa shape index (κ1) is 12.2. The molecule has 1 aromatic rings. The number of nitrogens with zero attached hydrogens (tertiary/aromatic N) is 3. The fourth-order valence-electron chi connectivity index (χ4n) is 1.11. The van der Waals surface area contributed by atoms with Crippen molar-refractivity contribution in [3.63, 3.8) is 0 Å². The highest BCUT2D eigenvalue weighted by molar-refractivity contribution is 6.32. The van der Waals surface area contributed by atoms with Gasteiger partial charge < -0.3 is 14.6 Å². The van der Waals surface area contributed by atoms with Crippen molar-refractivity contribution in [1.82, 2.24) is 20.1 Å². The van der Waals surface area contributed by atoms with Crippen LogP contribution in [0.4, 0.5) is 0 Å². The van der Waals surface area contributed by atoms with Gasteiger partial charge in [0.1, 0.15) is 6.33 Å². The lowest BCUT2D eigenvalue weighted by atomic mass is 10.5. The zero-order valence-corrected chi connectivity index (χ0v) is 9.27. The number of aryl methyl sites for hydroxylation is 1. The number of amides is 1. The summed E-state index contributed by atoms with van der Waals surface area (Å²) in [7, 11) is 0. The number of ether oxygens (including phenoxy) is 1. The summed E-state index contributed by atoms with van der Waals surface area (Å²) in [4.78, 5) is 22.2. The van der Waals surface area contributed by atoms with Crippen molar-refractivity contribution < 1.29 is 14.3 Å². The second-order valence-corrected chi connectivity index (χ2v) is 2.94. The van der Waals surface area contributed by atoms with Crippen LogP contribution < -0.4 is 5.32 Å². The average molecular weight is 226 g/mol. The molecule has 0 saturated heterocycles. The molecule has 0 fully saturated rings. The van der Waals surface area contributed by atoms with Gasteiger partial charge in [-0.2, -0.15) is 0 Å². The first-order valence-electron chi connectivity index (χ1n) is 5.00. The zero-order valence-electron chi connectivity index (χ0n) is 9.27. The average Bonchev–Trinajstić information content (AvgIpc) is 2.73. The number of rotatable bonds is 4. The van der Waals surface area contributed by atoms with Crippen LogP contribution in [0.25, 0.3) is 0 Å². The molecular weight excluding hydrogens is 212 g/mol. The summed E-state index contributed by atoms with van der Waals surface area (Å²) in [6.07, 6.45) is 1.56. The molecule has 88 valence electrons. The molecule has 1 rings (SSSR count). The molecule has 0 atom stereocenters. The van der Waals surface area contributed by atoms with Crippen LogP contribution in [0.1, 0.15) is 19.7 Å². The van der Waals surface area contributed by atoms with Gasteiger partial charge in [0.25, 0.3) is 0 Å². The van der Waals surface area contributed by atoms with Crippen LogP contribution >= 0.6 is 0 Å². The second-order valence-electron chi connectivity index (χ2n) is 2.94. The quantitative estimate of drug-likeness (QED) is 0.551. The van der Waals surface area contributed by atoms with Gasteiger partial charge in [0, 0.05) is 6.54 Å². The van der Waals surface area contributed by atoms with Gasteiger partial charge >= 0.3 is 11.9 Å². The molecule has 0 unspecified atom stereocenters. The molecule has 7 heteroatoms. The van der Waals surface area contributed by atoms with Crippen LogP contribution in [0.2, 0.25) is 0 Å². The highest BCUT2D eigenvalue weighted by Crippen LogP contribution is 1.93. The maximum Gasteiger partial charge on any atom is 0.396 e. The van der Waals surface area contributed by atoms with E-state index in [1.54, 1.807) is 17.8 Å². The largest absolute Gasteiger partial charge is 0.459 e. The standard InChI is InChI=1S/C9H14N4O3/c1-3-13-6-11-12-7(13)5-10-8(14)9(15)16-4-2/h6H,3-5H2,1-2H3,(H,10,14). The maximum absolute atomic E-state index is 11.2. The van der Waals surface area contributed by atoms with Gasteiger partial charge in [0.15, 0.2) is 5.82 Å². The second kappa shape index (κ2) is 5.84. The third-order valence-corrected chi connectivity index (χ3v) is 1.90. The number of aromatic nitrogens is 3. The Balaban J connectivity index is 2.45. The number of carbonyl (C=O) groups is 2. The maximum atomic E-state index is 11.2. The normalized spacial score (nSPS) is 9.88. The summed E-state index contributed by atoms with van der Waals surface area (Å²) in [5.41, 5.74) is 0. The molecule has 0 aromatic carbocycles. The molecule has 0 aliphatic rings. The minimum absolute atomic E-state index is 0.158. The Bertz CT molecular complexity index is 375. The topological polar surface area (TPSA) is 86.1 Å². The smallest absolute Gasteiger partial charge is 0.396 e. The summed E-state index contributed by atoms with van der Waals surface area (Å²) in [6, 6.07) is 0. The fraction of sp³-hybridized carbons (Fsp3) is 0.556. The molecule has 0 radical (unpaired) electrons. The number of esters is 1. The lowest BCUT2D eigenvalue weighted by Crippen LogP contribution is -2.32. The van der Waals surface area contributed by atoms with Gasteiger partial charge in [-0.3, -0.25) is 4.79 Å². The molecule has 0 saturated carbocycles. The molecule has 1 N–H and O–H groups in total. The fourth-order valence-corrected chi connectivity index (χ4v) is 1.11. The lowest BCUT2D eigenvalue weighted by molar-refractivity contribution is -0.154. The minimum Gasteiger partial charge on any atom is -0.459 e. The Morgan fingerprint density at radius 3 is 2.88 bits per heavy atom. The molecule has 1 amide bonds. The number of nitrogens with one attached hydrogen (secondary N) is 1. The van der Waals surface area contributed by atoms with E-state index in [0.717, 1.165) is 0 Å². The van der Waals surface area contributed by atoms with Crippen LogP contribution in [0.3, 0.4) is 0 Å². The lowest BCUT2D eigenvalue weighted by Gasteiger charge is -2.05. The molecule has 1 aromatic heterocycles. The minimum atomic E-state index is -0.884. The highest BCUT2D eigenvalue weighted by Gasteiger charge is 2.14. The Kier molecular flexibility index (Phi) is 4.43. The van der Waals surface area contributed by atoms with E-state index in [-0.39, 0.29) is 13.2 Å². The van der Waals surface area contributed by atoms with Gasteiger partial charge in [-0.25, -0.2) is 4.79 Å². The third-order valence-electron chi connectivity index (χ3n) is 1.90. The summed E-state index contributed by atoms with van der Waals surface area (Å²) in [6.45, 7) is 4.61. The van der Waals surface area contributed by atoms with Gasteiger partial charge in [0.2, 0.25) is 0 Å². The van der Waals surface area contributed by atoms with Crippen LogP contribution in [0, 0.1) is 0 Å². The predicted molar refractivity (Wildman–Crippen MR) is 54.2 cm³/mol. The van der Waals surface area contributed by atoms with E-state index in [1.807, 2.05) is 6.92 Å². The highest BCUT2D eigenvalue weighted by atomic mass is 16.5. The van der Waals surface area contributed by atoms with Crippen molar-refractivity contribution in [1.29, 1.82) is 0 Å². The van der Waals surface area contributed by atoms with Crippen molar-refractivity contribution in [2.45, 2.75) is 26.9 Å². The number of hydrogen-bond donors (Lipinski definition) is 1. The van der Waals surface area contributed by atoms with Crippen molar-refractivity contribution in [3.05, 3.63) is 12.2 Å². The monoisotopic (exact) mass is 226 g/mol. The van der Waals surface area contributed by atoms with E-state index in [4.69, 9.17) is 0 Å². The summed E-state index contributed by atoms with van der Waals surface area (Å²) >= 11 is 0. The molecule has 0 aliphatic heterocycles. The summed E-state index contributed by atoms with van der Waals surface area (Å²) < 4.78 is 6.31. The van der Waals surface area contributed by atoms with E-state index in [9.17, 15) is 9.59 Å². The van der Waals surface area contributed by atoms with Gasteiger partial charge in [-0.1, -0.05) is 0 Å². The SMILES string of the molecule is CCOC(=O)C(=O)NCc1nncn1CC. The van der Waals surface area contributed by atoms with Gasteiger partial charge in [0.05, 0.1) is 13.2 Å². The Morgan fingerprint density at radius 2 is 2.25 bits per heavy atom. The summed E-state index contributed by atoms with van der Waals surface area (Å²) in [5.74, 6) is -1.06. The van der Waals surface area contributed by atoms with Crippen LogP contribution in [-0.4, -0.2) is 33.2 Å². The van der Waals surface area contributed by atoms with E-state index < -0.39 is 11.9 Å². The Hall–Kier alpha value is -1.92. The molecule has 0 aliphatic carbocycles. The Morgan fingerprint density at radius 1 is 1.50 bits per heavy atom. The van der Waals surface area contributed by atoms with E-state index in [0.29, 0.717) is 12.4 Å². The van der Waals surface area contributed by atoms with Gasteiger partial charge in [-0.05, 0) is 13.8 Å². The molecule has 16 heavy (non-hydrogen) atoms. The predicted octanol–water partition coefficient (Wildman–Crippen LogP) is -0.523. The first-order chi connectivity index (χ1) is 7.69. The molecule has 1 heterocycles. The molecular formula is C9H14N4O3. The van der Waals surface area contributed by atoms with Crippen molar-refractivity contribution in [3.8, 4) is 0 Å². The number of hydrogen-bond acceptors (Lipinski definition) is 5. The third kappa shape index (κ3) is 3.04. The number of carbonyl (C=O) groups excluding carboxylic acids is 2.